The molecule has 1 amide bonds. The van der Waals surface area contributed by atoms with Crippen molar-refractivity contribution >= 4 is 45.1 Å². The predicted molar refractivity (Wildman–Crippen MR) is 122 cm³/mol. The van der Waals surface area contributed by atoms with Crippen LogP contribution < -0.4 is 5.32 Å². The zero-order chi connectivity index (χ0) is 21.5. The van der Waals surface area contributed by atoms with Gasteiger partial charge in [0.25, 0.3) is 5.22 Å². The molecule has 0 aliphatic heterocycles. The Labute approximate surface area is 184 Å². The largest absolute Gasteiger partial charge is 0.431 e. The minimum Gasteiger partial charge on any atom is -0.431 e. The summed E-state index contributed by atoms with van der Waals surface area (Å²) >= 11 is 2.84. The number of oxazole rings is 1. The van der Waals surface area contributed by atoms with Gasteiger partial charge in [-0.1, -0.05) is 44.7 Å². The van der Waals surface area contributed by atoms with Gasteiger partial charge in [0.15, 0.2) is 5.58 Å². The van der Waals surface area contributed by atoms with Crippen molar-refractivity contribution in [2.75, 3.05) is 5.32 Å². The van der Waals surface area contributed by atoms with Crippen LogP contribution in [0.15, 0.2) is 33.9 Å². The first-order valence-electron chi connectivity index (χ1n) is 10.1. The number of amides is 1. The molecule has 0 bridgehead atoms. The molecule has 4 rings (SSSR count). The molecule has 156 valence electrons. The monoisotopic (exact) mass is 439 g/mol. The smallest absolute Gasteiger partial charge is 0.257 e. The van der Waals surface area contributed by atoms with Crippen molar-refractivity contribution in [3.05, 3.63) is 40.3 Å². The molecular weight excluding hydrogens is 414 g/mol. The molecule has 1 aliphatic rings. The van der Waals surface area contributed by atoms with Crippen molar-refractivity contribution in [2.24, 2.45) is 11.3 Å². The molecule has 0 spiro atoms. The molecule has 2 unspecified atom stereocenters. The maximum Gasteiger partial charge on any atom is 0.257 e. The van der Waals surface area contributed by atoms with E-state index in [0.29, 0.717) is 27.3 Å². The Morgan fingerprint density at radius 1 is 1.40 bits per heavy atom. The first-order valence-corrected chi connectivity index (χ1v) is 11.8. The van der Waals surface area contributed by atoms with E-state index in [9.17, 15) is 10.1 Å². The van der Waals surface area contributed by atoms with E-state index in [0.717, 1.165) is 30.3 Å². The van der Waals surface area contributed by atoms with Crippen molar-refractivity contribution in [1.29, 1.82) is 5.26 Å². The summed E-state index contributed by atoms with van der Waals surface area (Å²) in [5.41, 5.74) is 3.48. The maximum atomic E-state index is 12.8. The van der Waals surface area contributed by atoms with Gasteiger partial charge in [-0.25, -0.2) is 4.98 Å². The Bertz CT molecular complexity index is 1100. The van der Waals surface area contributed by atoms with Gasteiger partial charge in [-0.2, -0.15) is 5.26 Å². The van der Waals surface area contributed by atoms with Gasteiger partial charge in [-0.3, -0.25) is 4.79 Å². The third-order valence-corrected chi connectivity index (χ3v) is 7.87. The van der Waals surface area contributed by atoms with E-state index in [1.165, 1.54) is 16.6 Å². The van der Waals surface area contributed by atoms with Crippen molar-refractivity contribution < 1.29 is 9.21 Å². The van der Waals surface area contributed by atoms with E-state index in [1.807, 2.05) is 31.2 Å². The number of anilines is 1. The van der Waals surface area contributed by atoms with Crippen LogP contribution >= 0.6 is 23.1 Å². The summed E-state index contributed by atoms with van der Waals surface area (Å²) in [7, 11) is 0. The zero-order valence-corrected chi connectivity index (χ0v) is 19.2. The fourth-order valence-electron chi connectivity index (χ4n) is 3.85. The third-order valence-electron chi connectivity index (χ3n) is 5.76. The van der Waals surface area contributed by atoms with E-state index >= 15 is 0 Å². The predicted octanol–water partition coefficient (Wildman–Crippen LogP) is 6.03. The highest BCUT2D eigenvalue weighted by atomic mass is 32.2. The summed E-state index contributed by atoms with van der Waals surface area (Å²) in [5.74, 6) is 0.442. The fourth-order valence-corrected chi connectivity index (χ4v) is 5.89. The van der Waals surface area contributed by atoms with E-state index in [4.69, 9.17) is 4.42 Å². The molecule has 1 aliphatic carbocycles. The van der Waals surface area contributed by atoms with Gasteiger partial charge in [0.1, 0.15) is 16.6 Å². The topological polar surface area (TPSA) is 78.9 Å². The lowest BCUT2D eigenvalue weighted by Crippen LogP contribution is -2.26. The first-order chi connectivity index (χ1) is 14.3. The van der Waals surface area contributed by atoms with Crippen LogP contribution in [0.1, 0.15) is 50.1 Å². The highest BCUT2D eigenvalue weighted by Crippen LogP contribution is 2.44. The number of fused-ring (bicyclic) bond motifs is 2. The van der Waals surface area contributed by atoms with E-state index in [2.05, 4.69) is 37.1 Å². The van der Waals surface area contributed by atoms with Crippen LogP contribution in [0.5, 0.6) is 0 Å². The number of rotatable bonds is 4. The molecule has 30 heavy (non-hydrogen) atoms. The molecule has 0 radical (unpaired) electrons. The lowest BCUT2D eigenvalue weighted by molar-refractivity contribution is -0.115. The standard InChI is InChI=1S/C23H25N3O2S2/c1-13(29-22-25-17-7-5-6-8-18(17)28-22)20(27)26-21-16(12-24)15-10-9-14(23(2,3)4)11-19(15)30-21/h5-8,13-14H,9-11H2,1-4H3,(H,26,27). The molecule has 0 saturated carbocycles. The van der Waals surface area contributed by atoms with Crippen LogP contribution in [0.4, 0.5) is 5.00 Å². The molecule has 7 heteroatoms. The molecule has 2 heterocycles. The van der Waals surface area contributed by atoms with Gasteiger partial charge in [0.2, 0.25) is 5.91 Å². The number of hydrogen-bond donors (Lipinski definition) is 1. The average molecular weight is 440 g/mol. The Kier molecular flexibility index (Phi) is 5.65. The number of thioether (sulfide) groups is 1. The first kappa shape index (κ1) is 21.0. The summed E-state index contributed by atoms with van der Waals surface area (Å²) in [6.07, 6.45) is 2.96. The normalized spacial score (nSPS) is 17.4. The van der Waals surface area contributed by atoms with Gasteiger partial charge in [0, 0.05) is 4.88 Å². The number of thiophene rings is 1. The van der Waals surface area contributed by atoms with E-state index in [-0.39, 0.29) is 11.3 Å². The Morgan fingerprint density at radius 2 is 2.17 bits per heavy atom. The van der Waals surface area contributed by atoms with Gasteiger partial charge >= 0.3 is 0 Å². The van der Waals surface area contributed by atoms with Gasteiger partial charge in [0.05, 0.1) is 10.8 Å². The van der Waals surface area contributed by atoms with Crippen LogP contribution in [-0.4, -0.2) is 16.1 Å². The van der Waals surface area contributed by atoms with Gasteiger partial charge in [-0.05, 0) is 55.2 Å². The van der Waals surface area contributed by atoms with Crippen molar-refractivity contribution in [3.63, 3.8) is 0 Å². The average Bonchev–Trinajstić information content (AvgIpc) is 3.26. The number of aromatic nitrogens is 1. The number of hydrogen-bond acceptors (Lipinski definition) is 6. The van der Waals surface area contributed by atoms with Crippen LogP contribution in [0.25, 0.3) is 11.1 Å². The number of para-hydroxylation sites is 2. The van der Waals surface area contributed by atoms with Crippen LogP contribution in [0.3, 0.4) is 0 Å². The molecule has 2 aromatic heterocycles. The number of nitrogens with one attached hydrogen (secondary N) is 1. The molecule has 0 fully saturated rings. The summed E-state index contributed by atoms with van der Waals surface area (Å²) in [5, 5.41) is 13.5. The number of carbonyl (C=O) groups excluding carboxylic acids is 1. The second-order valence-corrected chi connectivity index (χ2v) is 11.2. The summed E-state index contributed by atoms with van der Waals surface area (Å²) in [6.45, 7) is 8.64. The molecule has 5 nitrogen and oxygen atoms in total. The molecule has 1 aromatic carbocycles. The molecule has 2 atom stereocenters. The highest BCUT2D eigenvalue weighted by molar-refractivity contribution is 8.00. The number of nitriles is 1. The summed E-state index contributed by atoms with van der Waals surface area (Å²) < 4.78 is 5.72. The summed E-state index contributed by atoms with van der Waals surface area (Å²) in [4.78, 5) is 18.5. The third kappa shape index (κ3) is 4.12. The lowest BCUT2D eigenvalue weighted by Gasteiger charge is -2.33. The minimum atomic E-state index is -0.397. The summed E-state index contributed by atoms with van der Waals surface area (Å²) in [6, 6.07) is 9.87. The lowest BCUT2D eigenvalue weighted by atomic mass is 9.72. The molecular formula is C23H25N3O2S2. The molecule has 0 saturated heterocycles. The fraction of sp³-hybridized carbons (Fsp3) is 0.435. The van der Waals surface area contributed by atoms with Gasteiger partial charge < -0.3 is 9.73 Å². The second kappa shape index (κ2) is 8.09. The Morgan fingerprint density at radius 3 is 2.87 bits per heavy atom. The second-order valence-electron chi connectivity index (χ2n) is 8.82. The Balaban J connectivity index is 1.49. The van der Waals surface area contributed by atoms with Crippen molar-refractivity contribution in [1.82, 2.24) is 4.98 Å². The number of carbonyl (C=O) groups is 1. The van der Waals surface area contributed by atoms with Crippen molar-refractivity contribution in [2.45, 2.75) is 57.4 Å². The van der Waals surface area contributed by atoms with Crippen molar-refractivity contribution in [3.8, 4) is 6.07 Å². The van der Waals surface area contributed by atoms with E-state index < -0.39 is 5.25 Å². The SMILES string of the molecule is CC(Sc1nc2ccccc2o1)C(=O)Nc1sc2c(c1C#N)CCC(C(C)(C)C)C2. The van der Waals surface area contributed by atoms with Crippen LogP contribution in [-0.2, 0) is 17.6 Å². The Hall–Kier alpha value is -2.30. The minimum absolute atomic E-state index is 0.148. The number of benzene rings is 1. The molecule has 1 N–H and O–H groups in total. The quantitative estimate of drug-likeness (QED) is 0.502. The van der Waals surface area contributed by atoms with Crippen LogP contribution in [0, 0.1) is 22.7 Å². The highest BCUT2D eigenvalue weighted by Gasteiger charge is 2.32. The van der Waals surface area contributed by atoms with Crippen LogP contribution in [0.2, 0.25) is 0 Å². The van der Waals surface area contributed by atoms with Gasteiger partial charge in [-0.15, -0.1) is 11.3 Å². The van der Waals surface area contributed by atoms with E-state index in [1.54, 1.807) is 11.3 Å². The zero-order valence-electron chi connectivity index (χ0n) is 17.6. The maximum absolute atomic E-state index is 12.8. The molecule has 3 aromatic rings. The number of nitrogens with zero attached hydrogens (tertiary/aromatic N) is 2.